The molecule has 0 amide bonds. The van der Waals surface area contributed by atoms with E-state index < -0.39 is 0 Å². The van der Waals surface area contributed by atoms with E-state index >= 15 is 0 Å². The fourth-order valence-electron chi connectivity index (χ4n) is 1.93. The minimum absolute atomic E-state index is 0.0359. The summed E-state index contributed by atoms with van der Waals surface area (Å²) in [5.74, 6) is 1.00. The van der Waals surface area contributed by atoms with Gasteiger partial charge in [-0.3, -0.25) is 4.79 Å². The van der Waals surface area contributed by atoms with E-state index in [2.05, 4.69) is 5.32 Å². The molecule has 0 spiro atoms. The molecule has 1 atom stereocenters. The molecule has 1 saturated carbocycles. The molecule has 1 saturated heterocycles. The fraction of sp³-hybridized carbons (Fsp3) is 0.909. The molecule has 2 rings (SSSR count). The average molecular weight is 197 g/mol. The summed E-state index contributed by atoms with van der Waals surface area (Å²) in [5.41, 5.74) is 0. The molecule has 3 heteroatoms. The van der Waals surface area contributed by atoms with Crippen molar-refractivity contribution in [2.24, 2.45) is 11.8 Å². The van der Waals surface area contributed by atoms with Crippen LogP contribution in [0.5, 0.6) is 0 Å². The standard InChI is InChI=1S/C11H19NO2/c13-11(10-3-4-10)14-7-5-9-2-1-6-12-8-9/h9-10,12H,1-8H2/t9-/m1/s1. The van der Waals surface area contributed by atoms with E-state index in [1.54, 1.807) is 0 Å². The van der Waals surface area contributed by atoms with Crippen molar-refractivity contribution in [3.05, 3.63) is 0 Å². The van der Waals surface area contributed by atoms with E-state index in [0.29, 0.717) is 6.61 Å². The Kier molecular flexibility index (Phi) is 3.40. The molecule has 3 nitrogen and oxygen atoms in total. The van der Waals surface area contributed by atoms with Crippen LogP contribution in [0, 0.1) is 11.8 Å². The number of nitrogens with one attached hydrogen (secondary N) is 1. The van der Waals surface area contributed by atoms with Crippen molar-refractivity contribution in [2.45, 2.75) is 32.1 Å². The predicted molar refractivity (Wildman–Crippen MR) is 53.9 cm³/mol. The predicted octanol–water partition coefficient (Wildman–Crippen LogP) is 1.33. The summed E-state index contributed by atoms with van der Waals surface area (Å²) >= 11 is 0. The fourth-order valence-corrected chi connectivity index (χ4v) is 1.93. The molecule has 14 heavy (non-hydrogen) atoms. The quantitative estimate of drug-likeness (QED) is 0.691. The van der Waals surface area contributed by atoms with Gasteiger partial charge in [-0.05, 0) is 51.1 Å². The minimum Gasteiger partial charge on any atom is -0.465 e. The molecular weight excluding hydrogens is 178 g/mol. The second kappa shape index (κ2) is 4.78. The van der Waals surface area contributed by atoms with Crippen LogP contribution in [0.4, 0.5) is 0 Å². The lowest BCUT2D eigenvalue weighted by atomic mass is 9.97. The molecule has 2 aliphatic rings. The van der Waals surface area contributed by atoms with Crippen LogP contribution in [0.15, 0.2) is 0 Å². The van der Waals surface area contributed by atoms with Gasteiger partial charge in [-0.15, -0.1) is 0 Å². The number of esters is 1. The van der Waals surface area contributed by atoms with Crippen LogP contribution in [-0.2, 0) is 9.53 Å². The Bertz CT molecular complexity index is 195. The van der Waals surface area contributed by atoms with Crippen molar-refractivity contribution in [1.29, 1.82) is 0 Å². The maximum Gasteiger partial charge on any atom is 0.308 e. The Balaban J connectivity index is 1.54. The Hall–Kier alpha value is -0.570. The van der Waals surface area contributed by atoms with Gasteiger partial charge in [0.25, 0.3) is 0 Å². The molecule has 0 aromatic carbocycles. The maximum atomic E-state index is 11.2. The first-order chi connectivity index (χ1) is 6.86. The summed E-state index contributed by atoms with van der Waals surface area (Å²) in [4.78, 5) is 11.2. The van der Waals surface area contributed by atoms with E-state index in [0.717, 1.165) is 38.3 Å². The molecule has 1 N–H and O–H groups in total. The van der Waals surface area contributed by atoms with Crippen molar-refractivity contribution < 1.29 is 9.53 Å². The molecule has 0 radical (unpaired) electrons. The summed E-state index contributed by atoms with van der Waals surface area (Å²) < 4.78 is 5.20. The third kappa shape index (κ3) is 2.98. The molecule has 0 aromatic rings. The third-order valence-electron chi connectivity index (χ3n) is 3.08. The summed E-state index contributed by atoms with van der Waals surface area (Å²) in [6.45, 7) is 2.88. The number of ether oxygens (including phenoxy) is 1. The average Bonchev–Trinajstić information content (AvgIpc) is 3.02. The topological polar surface area (TPSA) is 38.3 Å². The summed E-state index contributed by atoms with van der Waals surface area (Å²) in [5, 5.41) is 3.37. The first kappa shape index (κ1) is 9.97. The van der Waals surface area contributed by atoms with Crippen molar-refractivity contribution in [3.8, 4) is 0 Å². The number of hydrogen-bond acceptors (Lipinski definition) is 3. The molecule has 2 fully saturated rings. The van der Waals surface area contributed by atoms with E-state index in [9.17, 15) is 4.79 Å². The van der Waals surface area contributed by atoms with Gasteiger partial charge in [-0.2, -0.15) is 0 Å². The first-order valence-electron chi connectivity index (χ1n) is 5.73. The summed E-state index contributed by atoms with van der Waals surface area (Å²) in [6, 6.07) is 0. The molecule has 80 valence electrons. The molecule has 1 aliphatic heterocycles. The Morgan fingerprint density at radius 1 is 1.36 bits per heavy atom. The molecule has 0 unspecified atom stereocenters. The van der Waals surface area contributed by atoms with Gasteiger partial charge < -0.3 is 10.1 Å². The molecule has 1 heterocycles. The highest BCUT2D eigenvalue weighted by atomic mass is 16.5. The van der Waals surface area contributed by atoms with Gasteiger partial charge in [0.05, 0.1) is 12.5 Å². The van der Waals surface area contributed by atoms with E-state index in [-0.39, 0.29) is 11.9 Å². The Morgan fingerprint density at radius 3 is 2.86 bits per heavy atom. The molecular formula is C11H19NO2. The summed E-state index contributed by atoms with van der Waals surface area (Å²) in [6.07, 6.45) is 5.67. The highest BCUT2D eigenvalue weighted by molar-refractivity contribution is 5.74. The monoisotopic (exact) mass is 197 g/mol. The van der Waals surface area contributed by atoms with E-state index in [1.165, 1.54) is 12.8 Å². The van der Waals surface area contributed by atoms with Crippen LogP contribution >= 0.6 is 0 Å². The Labute approximate surface area is 85.2 Å². The SMILES string of the molecule is O=C(OCC[C@H]1CCCNC1)C1CC1. The van der Waals surface area contributed by atoms with Crippen LogP contribution in [0.25, 0.3) is 0 Å². The van der Waals surface area contributed by atoms with Crippen molar-refractivity contribution in [2.75, 3.05) is 19.7 Å². The van der Waals surface area contributed by atoms with Crippen molar-refractivity contribution in [3.63, 3.8) is 0 Å². The molecule has 1 aliphatic carbocycles. The number of rotatable bonds is 4. The van der Waals surface area contributed by atoms with Crippen molar-refractivity contribution in [1.82, 2.24) is 5.32 Å². The highest BCUT2D eigenvalue weighted by Gasteiger charge is 2.31. The third-order valence-corrected chi connectivity index (χ3v) is 3.08. The van der Waals surface area contributed by atoms with Crippen molar-refractivity contribution >= 4 is 5.97 Å². The number of carbonyl (C=O) groups is 1. The van der Waals surface area contributed by atoms with Crippen LogP contribution in [0.3, 0.4) is 0 Å². The number of hydrogen-bond donors (Lipinski definition) is 1. The van der Waals surface area contributed by atoms with Gasteiger partial charge in [-0.25, -0.2) is 0 Å². The van der Waals surface area contributed by atoms with Gasteiger partial charge in [-0.1, -0.05) is 0 Å². The lowest BCUT2D eigenvalue weighted by Gasteiger charge is -2.22. The van der Waals surface area contributed by atoms with Crippen LogP contribution in [0.2, 0.25) is 0 Å². The van der Waals surface area contributed by atoms with Crippen LogP contribution in [0.1, 0.15) is 32.1 Å². The first-order valence-corrected chi connectivity index (χ1v) is 5.73. The van der Waals surface area contributed by atoms with Gasteiger partial charge in [0, 0.05) is 0 Å². The zero-order valence-electron chi connectivity index (χ0n) is 8.63. The normalized spacial score (nSPS) is 27.3. The second-order valence-electron chi connectivity index (χ2n) is 4.44. The zero-order chi connectivity index (χ0) is 9.80. The second-order valence-corrected chi connectivity index (χ2v) is 4.44. The number of carbonyl (C=O) groups excluding carboxylic acids is 1. The van der Waals surface area contributed by atoms with Gasteiger partial charge >= 0.3 is 5.97 Å². The zero-order valence-corrected chi connectivity index (χ0v) is 8.63. The molecule has 0 aromatic heterocycles. The van der Waals surface area contributed by atoms with Gasteiger partial charge in [0.15, 0.2) is 0 Å². The highest BCUT2D eigenvalue weighted by Crippen LogP contribution is 2.30. The largest absolute Gasteiger partial charge is 0.465 e. The number of piperidine rings is 1. The summed E-state index contributed by atoms with van der Waals surface area (Å²) in [7, 11) is 0. The minimum atomic E-state index is 0.0359. The smallest absolute Gasteiger partial charge is 0.308 e. The molecule has 0 bridgehead atoms. The maximum absolute atomic E-state index is 11.2. The van der Waals surface area contributed by atoms with E-state index in [1.807, 2.05) is 0 Å². The van der Waals surface area contributed by atoms with Crippen LogP contribution in [-0.4, -0.2) is 25.7 Å². The van der Waals surface area contributed by atoms with E-state index in [4.69, 9.17) is 4.74 Å². The lowest BCUT2D eigenvalue weighted by Crippen LogP contribution is -2.30. The van der Waals surface area contributed by atoms with Gasteiger partial charge in [0.1, 0.15) is 0 Å². The van der Waals surface area contributed by atoms with Crippen LogP contribution < -0.4 is 5.32 Å². The van der Waals surface area contributed by atoms with Gasteiger partial charge in [0.2, 0.25) is 0 Å². The Morgan fingerprint density at radius 2 is 2.21 bits per heavy atom. The lowest BCUT2D eigenvalue weighted by molar-refractivity contribution is -0.145.